The van der Waals surface area contributed by atoms with E-state index in [4.69, 9.17) is 33.7 Å². The van der Waals surface area contributed by atoms with Crippen molar-refractivity contribution in [3.8, 4) is 23.1 Å². The second-order valence-electron chi connectivity index (χ2n) is 9.56. The van der Waals surface area contributed by atoms with Gasteiger partial charge in [0.15, 0.2) is 17.8 Å². The lowest BCUT2D eigenvalue weighted by molar-refractivity contribution is 0.205. The number of nitrogens with one attached hydrogen (secondary N) is 1. The molecule has 1 aromatic carbocycles. The number of nitrogens with zero attached hydrogens (tertiary/aromatic N) is 5. The van der Waals surface area contributed by atoms with Crippen LogP contribution in [0.4, 0.5) is 10.2 Å². The topological polar surface area (TPSA) is 140 Å². The van der Waals surface area contributed by atoms with Gasteiger partial charge in [-0.2, -0.15) is 10.4 Å². The van der Waals surface area contributed by atoms with Crippen LogP contribution in [0.25, 0.3) is 22.2 Å². The third-order valence-corrected chi connectivity index (χ3v) is 9.18. The normalized spacial score (nSPS) is 18.9. The molecular formula is C25H20Cl2FN7O2S. The SMILES string of the molecule is N#Cc1cc(-c2n[nH]c3cc(F)c(O[C@H](N)c4c(Cl)cncc4Cl)cc23)cnc1N1CC2(CC[S+]([O-])C2)C1. The lowest BCUT2D eigenvalue weighted by Crippen LogP contribution is -2.57. The van der Waals surface area contributed by atoms with E-state index in [9.17, 15) is 14.2 Å². The maximum atomic E-state index is 14.9. The van der Waals surface area contributed by atoms with Crippen molar-refractivity contribution in [2.75, 3.05) is 29.5 Å². The first-order chi connectivity index (χ1) is 18.3. The Morgan fingerprint density at radius 1 is 1.24 bits per heavy atom. The quantitative estimate of drug-likeness (QED) is 0.266. The van der Waals surface area contributed by atoms with Gasteiger partial charge in [-0.1, -0.05) is 34.4 Å². The molecule has 1 unspecified atom stereocenters. The smallest absolute Gasteiger partial charge is 0.177 e. The van der Waals surface area contributed by atoms with Crippen molar-refractivity contribution in [1.82, 2.24) is 20.2 Å². The van der Waals surface area contributed by atoms with Crippen LogP contribution < -0.4 is 15.4 Å². The van der Waals surface area contributed by atoms with E-state index in [1.54, 1.807) is 12.3 Å². The van der Waals surface area contributed by atoms with Crippen molar-refractivity contribution in [1.29, 1.82) is 5.26 Å². The molecular weight excluding hydrogens is 552 g/mol. The number of aromatic amines is 1. The number of anilines is 1. The third-order valence-electron chi connectivity index (χ3n) is 6.98. The minimum atomic E-state index is -1.15. The highest BCUT2D eigenvalue weighted by atomic mass is 35.5. The van der Waals surface area contributed by atoms with Crippen molar-refractivity contribution >= 4 is 51.1 Å². The molecule has 0 amide bonds. The minimum Gasteiger partial charge on any atom is -0.616 e. The Hall–Kier alpha value is -3.14. The fourth-order valence-corrected chi connectivity index (χ4v) is 7.51. The third kappa shape index (κ3) is 4.32. The molecule has 9 nitrogen and oxygen atoms in total. The maximum Gasteiger partial charge on any atom is 0.177 e. The Bertz CT molecular complexity index is 1580. The van der Waals surface area contributed by atoms with Crippen molar-refractivity contribution in [2.24, 2.45) is 11.1 Å². The Labute approximate surface area is 229 Å². The van der Waals surface area contributed by atoms with Crippen LogP contribution in [0.1, 0.15) is 23.8 Å². The summed E-state index contributed by atoms with van der Waals surface area (Å²) >= 11 is 11.6. The van der Waals surface area contributed by atoms with Crippen LogP contribution >= 0.6 is 23.2 Å². The van der Waals surface area contributed by atoms with Gasteiger partial charge in [-0.3, -0.25) is 15.8 Å². The lowest BCUT2D eigenvalue weighted by atomic mass is 9.79. The highest BCUT2D eigenvalue weighted by Gasteiger charge is 2.51. The van der Waals surface area contributed by atoms with Crippen LogP contribution in [0, 0.1) is 22.6 Å². The summed E-state index contributed by atoms with van der Waals surface area (Å²) in [5, 5.41) is 17.9. The highest BCUT2D eigenvalue weighted by molar-refractivity contribution is 7.91. The van der Waals surface area contributed by atoms with Crippen LogP contribution in [0.3, 0.4) is 0 Å². The van der Waals surface area contributed by atoms with Gasteiger partial charge in [-0.15, -0.1) is 0 Å². The van der Waals surface area contributed by atoms with Crippen LogP contribution in [0.5, 0.6) is 5.75 Å². The summed E-state index contributed by atoms with van der Waals surface area (Å²) in [6.45, 7) is 1.47. The Morgan fingerprint density at radius 3 is 2.68 bits per heavy atom. The molecule has 0 bridgehead atoms. The molecule has 3 aromatic heterocycles. The molecule has 0 aliphatic carbocycles. The predicted octanol–water partition coefficient (Wildman–Crippen LogP) is 4.33. The molecule has 2 fully saturated rings. The predicted molar refractivity (Wildman–Crippen MR) is 143 cm³/mol. The highest BCUT2D eigenvalue weighted by Crippen LogP contribution is 2.43. The number of hydrogen-bond acceptors (Lipinski definition) is 8. The minimum absolute atomic E-state index is 0.0579. The molecule has 3 N–H and O–H groups in total. The number of nitriles is 1. The van der Waals surface area contributed by atoms with Crippen LogP contribution in [0.2, 0.25) is 10.0 Å². The number of fused-ring (bicyclic) bond motifs is 1. The maximum absolute atomic E-state index is 14.9. The molecule has 2 saturated heterocycles. The first-order valence-corrected chi connectivity index (χ1v) is 13.9. The van der Waals surface area contributed by atoms with E-state index in [0.29, 0.717) is 39.3 Å². The van der Waals surface area contributed by atoms with E-state index in [-0.39, 0.29) is 26.8 Å². The first kappa shape index (κ1) is 25.2. The van der Waals surface area contributed by atoms with Crippen molar-refractivity contribution in [2.45, 2.75) is 12.6 Å². The van der Waals surface area contributed by atoms with Crippen molar-refractivity contribution in [3.05, 3.63) is 63.8 Å². The van der Waals surface area contributed by atoms with E-state index in [2.05, 4.69) is 26.2 Å². The zero-order chi connectivity index (χ0) is 26.6. The summed E-state index contributed by atoms with van der Waals surface area (Å²) in [6, 6.07) is 6.66. The number of nitrogens with two attached hydrogens (primary N) is 1. The van der Waals surface area contributed by atoms with Crippen LogP contribution in [-0.4, -0.2) is 49.3 Å². The number of benzene rings is 1. The molecule has 0 saturated carbocycles. The van der Waals surface area contributed by atoms with E-state index < -0.39 is 23.2 Å². The molecule has 5 heterocycles. The largest absolute Gasteiger partial charge is 0.616 e. The average Bonchev–Trinajstić information content (AvgIpc) is 3.46. The fraction of sp³-hybridized carbons (Fsp3) is 0.280. The average molecular weight is 572 g/mol. The number of pyridine rings is 2. The van der Waals surface area contributed by atoms with Crippen molar-refractivity contribution < 1.29 is 13.7 Å². The van der Waals surface area contributed by atoms with Gasteiger partial charge in [0.05, 0.1) is 26.5 Å². The molecule has 38 heavy (non-hydrogen) atoms. The molecule has 194 valence electrons. The summed E-state index contributed by atoms with van der Waals surface area (Å²) in [7, 11) is 0. The number of H-pyrrole nitrogens is 1. The standard InChI is InChI=1S/C25H20Cl2FN7O2S/c26-16-8-31-9-17(27)21(16)23(30)37-20-4-15-19(5-18(20)28)33-34-22(15)14-3-13(6-29)24(32-7-14)35-10-25(11-35)1-2-38(36)12-25/h3-5,7-9,23H,1-2,10-12,30H2,(H,33,34)/t23-,38?/m0/s1. The molecule has 2 aliphatic heterocycles. The van der Waals surface area contributed by atoms with E-state index in [1.165, 1.54) is 24.5 Å². The zero-order valence-electron chi connectivity index (χ0n) is 19.7. The molecule has 2 atom stereocenters. The number of ether oxygens (including phenoxy) is 1. The molecule has 4 aromatic rings. The zero-order valence-corrected chi connectivity index (χ0v) is 22.1. The van der Waals surface area contributed by atoms with Crippen LogP contribution in [-0.2, 0) is 11.2 Å². The summed E-state index contributed by atoms with van der Waals surface area (Å²) < 4.78 is 32.4. The first-order valence-electron chi connectivity index (χ1n) is 11.7. The van der Waals surface area contributed by atoms with E-state index >= 15 is 0 Å². The van der Waals surface area contributed by atoms with Gasteiger partial charge in [-0.05, 0) is 12.1 Å². The Morgan fingerprint density at radius 2 is 2.00 bits per heavy atom. The van der Waals surface area contributed by atoms with Crippen molar-refractivity contribution in [3.63, 3.8) is 0 Å². The number of halogens is 3. The molecule has 13 heteroatoms. The Balaban J connectivity index is 1.30. The van der Waals surface area contributed by atoms with Gasteiger partial charge in [0.1, 0.15) is 29.1 Å². The molecule has 6 rings (SSSR count). The number of hydrogen-bond donors (Lipinski definition) is 2. The summed E-state index contributed by atoms with van der Waals surface area (Å²) in [6.07, 6.45) is 4.16. The van der Waals surface area contributed by atoms with E-state index in [1.807, 2.05) is 4.90 Å². The van der Waals surface area contributed by atoms with Crippen LogP contribution in [0.15, 0.2) is 36.8 Å². The van der Waals surface area contributed by atoms with E-state index in [0.717, 1.165) is 25.3 Å². The summed E-state index contributed by atoms with van der Waals surface area (Å²) in [5.74, 6) is 1.24. The van der Waals surface area contributed by atoms with Gasteiger partial charge in [0.25, 0.3) is 0 Å². The fourth-order valence-electron chi connectivity index (χ4n) is 5.12. The second-order valence-corrected chi connectivity index (χ2v) is 11.9. The lowest BCUT2D eigenvalue weighted by Gasteiger charge is -2.47. The molecule has 2 aliphatic rings. The summed E-state index contributed by atoms with van der Waals surface area (Å²) in [5.41, 5.74) is 8.36. The second kappa shape index (κ2) is 9.55. The van der Waals surface area contributed by atoms with Gasteiger partial charge in [0.2, 0.25) is 0 Å². The molecule has 1 spiro atoms. The van der Waals surface area contributed by atoms with Gasteiger partial charge >= 0.3 is 0 Å². The number of aromatic nitrogens is 4. The monoisotopic (exact) mass is 571 g/mol. The summed E-state index contributed by atoms with van der Waals surface area (Å²) in [4.78, 5) is 10.5. The number of rotatable bonds is 5. The molecule has 0 radical (unpaired) electrons. The van der Waals surface area contributed by atoms with Gasteiger partial charge in [0, 0.05) is 60.7 Å². The Kier molecular flexibility index (Phi) is 6.32. The van der Waals surface area contributed by atoms with Gasteiger partial charge in [-0.25, -0.2) is 9.37 Å². The van der Waals surface area contributed by atoms with Gasteiger partial charge < -0.3 is 14.2 Å².